The lowest BCUT2D eigenvalue weighted by Gasteiger charge is -2.58. The Bertz CT molecular complexity index is 696. The summed E-state index contributed by atoms with van der Waals surface area (Å²) in [4.78, 5) is 24.7. The van der Waals surface area contributed by atoms with Crippen molar-refractivity contribution >= 4 is 39.1 Å². The first kappa shape index (κ1) is 17.0. The molecule has 0 bridgehead atoms. The van der Waals surface area contributed by atoms with Gasteiger partial charge in [-0.25, -0.2) is 0 Å². The predicted molar refractivity (Wildman–Crippen MR) is 99.1 cm³/mol. The van der Waals surface area contributed by atoms with Gasteiger partial charge in [-0.15, -0.1) is 0 Å². The summed E-state index contributed by atoms with van der Waals surface area (Å²) in [6.07, 6.45) is 5.45. The molecule has 4 heteroatoms. The highest BCUT2D eigenvalue weighted by Gasteiger charge is 2.61. The molecule has 0 aliphatic heterocycles. The Morgan fingerprint density at radius 3 is 2.54 bits per heavy atom. The van der Waals surface area contributed by atoms with Crippen LogP contribution in [0.1, 0.15) is 52.4 Å². The molecule has 3 fully saturated rings. The number of ketones is 2. The topological polar surface area (TPSA) is 34.1 Å². The third-order valence-corrected chi connectivity index (χ3v) is 8.81. The van der Waals surface area contributed by atoms with Crippen molar-refractivity contribution in [2.24, 2.45) is 28.6 Å². The van der Waals surface area contributed by atoms with Crippen molar-refractivity contribution < 1.29 is 9.59 Å². The van der Waals surface area contributed by atoms with Gasteiger partial charge in [0.25, 0.3) is 0 Å². The summed E-state index contributed by atoms with van der Waals surface area (Å²) in [7, 11) is 0. The van der Waals surface area contributed by atoms with Gasteiger partial charge in [0, 0.05) is 11.8 Å². The molecule has 24 heavy (non-hydrogen) atoms. The number of halogens is 2. The molecule has 2 nitrogen and oxygen atoms in total. The molecule has 3 saturated carbocycles. The van der Waals surface area contributed by atoms with E-state index in [0.717, 1.165) is 49.7 Å². The van der Waals surface area contributed by atoms with Crippen LogP contribution in [0, 0.1) is 28.6 Å². The molecule has 0 amide bonds. The molecule has 1 unspecified atom stereocenters. The molecular formula is C20H24BrClO2. The van der Waals surface area contributed by atoms with Crippen LogP contribution in [0.5, 0.6) is 0 Å². The quantitative estimate of drug-likeness (QED) is 0.514. The molecule has 4 aliphatic carbocycles. The lowest BCUT2D eigenvalue weighted by molar-refractivity contribution is -0.131. The molecule has 0 aromatic carbocycles. The standard InChI is InChI=1S/C20H24BrClO2/c1-10-8-11-12-4-5-15(23)19(12,2)7-6-13(11)20(3)9-14(21)18(24)17(22)16(10)20/h11-14H,1,4-9H2,2-3H3/t11-,12-,13-,14?,19-,20+/m0/s1. The fraction of sp³-hybridized carbons (Fsp3) is 0.700. The molecule has 130 valence electrons. The number of alkyl halides is 1. The van der Waals surface area contributed by atoms with Crippen molar-refractivity contribution in [1.82, 2.24) is 0 Å². The lowest BCUT2D eigenvalue weighted by Crippen LogP contribution is -2.52. The third-order valence-electron chi connectivity index (χ3n) is 7.69. The van der Waals surface area contributed by atoms with Gasteiger partial charge in [-0.3, -0.25) is 9.59 Å². The molecule has 4 rings (SSSR count). The normalized spacial score (nSPS) is 48.2. The van der Waals surface area contributed by atoms with Crippen LogP contribution in [0.3, 0.4) is 0 Å². The van der Waals surface area contributed by atoms with Crippen molar-refractivity contribution in [3.05, 3.63) is 22.8 Å². The summed E-state index contributed by atoms with van der Waals surface area (Å²) in [6, 6.07) is 0. The van der Waals surface area contributed by atoms with E-state index in [4.69, 9.17) is 11.6 Å². The van der Waals surface area contributed by atoms with Gasteiger partial charge in [0.2, 0.25) is 0 Å². The maximum Gasteiger partial charge on any atom is 0.188 e. The van der Waals surface area contributed by atoms with E-state index in [1.165, 1.54) is 0 Å². The average Bonchev–Trinajstić information content (AvgIpc) is 2.80. The summed E-state index contributed by atoms with van der Waals surface area (Å²) >= 11 is 10.1. The molecule has 0 heterocycles. The summed E-state index contributed by atoms with van der Waals surface area (Å²) in [6.45, 7) is 8.76. The van der Waals surface area contributed by atoms with E-state index in [2.05, 4.69) is 36.4 Å². The molecule has 4 aliphatic rings. The number of hydrogen-bond donors (Lipinski definition) is 0. The van der Waals surface area contributed by atoms with Gasteiger partial charge in [0.1, 0.15) is 5.78 Å². The van der Waals surface area contributed by atoms with Crippen LogP contribution in [0.2, 0.25) is 0 Å². The Balaban J connectivity index is 1.81. The van der Waals surface area contributed by atoms with E-state index >= 15 is 0 Å². The summed E-state index contributed by atoms with van der Waals surface area (Å²) in [5.41, 5.74) is 1.80. The Kier molecular flexibility index (Phi) is 3.76. The predicted octanol–water partition coefficient (Wildman–Crippen LogP) is 5.19. The Morgan fingerprint density at radius 2 is 1.83 bits per heavy atom. The molecule has 0 aromatic rings. The van der Waals surface area contributed by atoms with E-state index in [9.17, 15) is 9.59 Å². The number of carbonyl (C=O) groups is 2. The molecular weight excluding hydrogens is 388 g/mol. The van der Waals surface area contributed by atoms with Crippen LogP contribution in [0.25, 0.3) is 0 Å². The maximum absolute atomic E-state index is 12.5. The van der Waals surface area contributed by atoms with Crippen molar-refractivity contribution in [2.45, 2.75) is 57.2 Å². The first-order valence-corrected chi connectivity index (χ1v) is 10.3. The largest absolute Gasteiger partial charge is 0.299 e. The summed E-state index contributed by atoms with van der Waals surface area (Å²) < 4.78 is 0. The van der Waals surface area contributed by atoms with Crippen LogP contribution in [0.15, 0.2) is 22.8 Å². The highest BCUT2D eigenvalue weighted by molar-refractivity contribution is 9.10. The van der Waals surface area contributed by atoms with Crippen molar-refractivity contribution in [1.29, 1.82) is 0 Å². The molecule has 0 aromatic heterocycles. The van der Waals surface area contributed by atoms with Crippen LogP contribution < -0.4 is 0 Å². The number of fused-ring (bicyclic) bond motifs is 5. The summed E-state index contributed by atoms with van der Waals surface area (Å²) in [5, 5.41) is 0.393. The average molecular weight is 412 g/mol. The van der Waals surface area contributed by atoms with Gasteiger partial charge in [-0.2, -0.15) is 0 Å². The second kappa shape index (κ2) is 5.30. The smallest absolute Gasteiger partial charge is 0.188 e. The SMILES string of the molecule is C=C1C[C@@H]2[C@H](CC[C@]3(C)C(=O)CC[C@@H]23)[C@@]2(C)CC(Br)C(=O)C(Cl)=C12. The zero-order valence-electron chi connectivity index (χ0n) is 14.3. The lowest BCUT2D eigenvalue weighted by atomic mass is 9.46. The van der Waals surface area contributed by atoms with Crippen LogP contribution in [-0.2, 0) is 9.59 Å². The van der Waals surface area contributed by atoms with Gasteiger partial charge in [0.05, 0.1) is 9.86 Å². The minimum Gasteiger partial charge on any atom is -0.299 e. The van der Waals surface area contributed by atoms with Gasteiger partial charge in [-0.1, -0.05) is 48.0 Å². The van der Waals surface area contributed by atoms with Crippen LogP contribution in [0.4, 0.5) is 0 Å². The second-order valence-electron chi connectivity index (χ2n) is 8.74. The Morgan fingerprint density at radius 1 is 1.17 bits per heavy atom. The van der Waals surface area contributed by atoms with Crippen LogP contribution in [-0.4, -0.2) is 16.4 Å². The first-order valence-electron chi connectivity index (χ1n) is 9.00. The van der Waals surface area contributed by atoms with Crippen LogP contribution >= 0.6 is 27.5 Å². The molecule has 0 N–H and O–H groups in total. The van der Waals surface area contributed by atoms with Gasteiger partial charge >= 0.3 is 0 Å². The van der Waals surface area contributed by atoms with Crippen molar-refractivity contribution in [3.8, 4) is 0 Å². The third kappa shape index (κ3) is 2.00. The van der Waals surface area contributed by atoms with E-state index < -0.39 is 0 Å². The van der Waals surface area contributed by atoms with Crippen molar-refractivity contribution in [3.63, 3.8) is 0 Å². The van der Waals surface area contributed by atoms with Gasteiger partial charge in [-0.05, 0) is 66.4 Å². The monoisotopic (exact) mass is 410 g/mol. The minimum atomic E-state index is -0.205. The summed E-state index contributed by atoms with van der Waals surface area (Å²) in [5.74, 6) is 1.90. The number of allylic oxidation sites excluding steroid dienone is 2. The maximum atomic E-state index is 12.5. The van der Waals surface area contributed by atoms with Crippen molar-refractivity contribution in [2.75, 3.05) is 0 Å². The number of Topliss-reactive ketones (excluding diaryl/α,β-unsaturated/α-hetero) is 2. The molecule has 0 spiro atoms. The van der Waals surface area contributed by atoms with Gasteiger partial charge in [0.15, 0.2) is 5.78 Å². The highest BCUT2D eigenvalue weighted by Crippen LogP contribution is 2.66. The Labute approximate surface area is 157 Å². The van der Waals surface area contributed by atoms with E-state index in [0.29, 0.717) is 28.6 Å². The fourth-order valence-corrected chi connectivity index (χ4v) is 8.01. The van der Waals surface area contributed by atoms with E-state index in [-0.39, 0.29) is 21.4 Å². The Hall–Kier alpha value is -0.410. The highest BCUT2D eigenvalue weighted by atomic mass is 79.9. The number of rotatable bonds is 0. The number of carbonyl (C=O) groups excluding carboxylic acids is 2. The molecule has 0 saturated heterocycles. The fourth-order valence-electron chi connectivity index (χ4n) is 6.50. The molecule has 6 atom stereocenters. The van der Waals surface area contributed by atoms with E-state index in [1.54, 1.807) is 0 Å². The zero-order chi connectivity index (χ0) is 17.4. The second-order valence-corrected chi connectivity index (χ2v) is 10.2. The minimum absolute atomic E-state index is 0.000401. The number of hydrogen-bond acceptors (Lipinski definition) is 2. The first-order chi connectivity index (χ1) is 11.2. The molecule has 0 radical (unpaired) electrons. The van der Waals surface area contributed by atoms with Gasteiger partial charge < -0.3 is 0 Å². The van der Waals surface area contributed by atoms with E-state index in [1.807, 2.05) is 0 Å². The zero-order valence-corrected chi connectivity index (χ0v) is 16.7.